The average Bonchev–Trinajstić information content (AvgIpc) is 3.15. The number of hydrogen-bond donors (Lipinski definition) is 1. The highest BCUT2D eigenvalue weighted by molar-refractivity contribution is 7.13. The van der Waals surface area contributed by atoms with Gasteiger partial charge >= 0.3 is 5.97 Å². The highest BCUT2D eigenvalue weighted by Crippen LogP contribution is 2.23. The minimum atomic E-state index is -0.340. The molecule has 1 N–H and O–H groups in total. The van der Waals surface area contributed by atoms with E-state index in [1.54, 1.807) is 6.07 Å². The first kappa shape index (κ1) is 17.2. The third-order valence-corrected chi connectivity index (χ3v) is 5.02. The van der Waals surface area contributed by atoms with E-state index in [4.69, 9.17) is 4.74 Å². The number of nitrogens with zero attached hydrogens (tertiary/aromatic N) is 1. The number of nitrogens with one attached hydrogen (secondary N) is 1. The normalized spacial score (nSPS) is 10.7. The van der Waals surface area contributed by atoms with Crippen molar-refractivity contribution in [3.8, 4) is 0 Å². The molecule has 27 heavy (non-hydrogen) atoms. The van der Waals surface area contributed by atoms with Crippen molar-refractivity contribution in [3.05, 3.63) is 88.9 Å². The molecule has 0 amide bonds. The number of fused-ring (bicyclic) bond motifs is 1. The van der Waals surface area contributed by atoms with Crippen molar-refractivity contribution in [1.29, 1.82) is 0 Å². The second kappa shape index (κ2) is 7.60. The largest absolute Gasteiger partial charge is 0.456 e. The average molecular weight is 374 g/mol. The molecular formula is C22H18N2O2S. The molecule has 1 heterocycles. The number of carbonyl (C=O) groups excluding carboxylic acids is 1. The maximum atomic E-state index is 12.5. The summed E-state index contributed by atoms with van der Waals surface area (Å²) in [7, 11) is 0. The second-order valence-electron chi connectivity index (χ2n) is 6.24. The molecule has 0 aliphatic rings. The van der Waals surface area contributed by atoms with E-state index in [0.717, 1.165) is 27.3 Å². The number of anilines is 2. The maximum absolute atomic E-state index is 12.5. The van der Waals surface area contributed by atoms with E-state index in [1.807, 2.05) is 66.0 Å². The van der Waals surface area contributed by atoms with Crippen LogP contribution in [0.4, 0.5) is 10.8 Å². The number of ether oxygens (including phenoxy) is 1. The van der Waals surface area contributed by atoms with Gasteiger partial charge in [0.25, 0.3) is 0 Å². The van der Waals surface area contributed by atoms with Gasteiger partial charge in [0.2, 0.25) is 0 Å². The van der Waals surface area contributed by atoms with Crippen molar-refractivity contribution in [3.63, 3.8) is 0 Å². The lowest BCUT2D eigenvalue weighted by molar-refractivity contribution is 0.0471. The van der Waals surface area contributed by atoms with Crippen LogP contribution in [0.15, 0.2) is 72.1 Å². The van der Waals surface area contributed by atoms with Gasteiger partial charge in [0.05, 0.1) is 11.3 Å². The highest BCUT2D eigenvalue weighted by atomic mass is 32.1. The first-order chi connectivity index (χ1) is 13.2. The van der Waals surface area contributed by atoms with Crippen molar-refractivity contribution in [2.45, 2.75) is 13.5 Å². The van der Waals surface area contributed by atoms with Crippen LogP contribution in [0.2, 0.25) is 0 Å². The Kier molecular flexibility index (Phi) is 4.85. The predicted octanol–water partition coefficient (Wildman–Crippen LogP) is 5.71. The van der Waals surface area contributed by atoms with Crippen LogP contribution in [0.1, 0.15) is 21.6 Å². The molecule has 3 aromatic carbocycles. The van der Waals surface area contributed by atoms with E-state index in [0.29, 0.717) is 5.56 Å². The number of thiazole rings is 1. The molecule has 0 unspecified atom stereocenters. The standard InChI is InChI=1S/C22H18N2O2S/c1-15-9-11-17(12-10-15)23-22-24-18(14-27-22)13-26-21(25)20-8-4-6-16-5-2-3-7-19(16)20/h2-12,14H,13H2,1H3,(H,23,24). The van der Waals surface area contributed by atoms with Crippen LogP contribution < -0.4 is 5.32 Å². The fraction of sp³-hybridized carbons (Fsp3) is 0.0909. The van der Waals surface area contributed by atoms with Crippen molar-refractivity contribution in [2.24, 2.45) is 0 Å². The van der Waals surface area contributed by atoms with Crippen LogP contribution in [-0.2, 0) is 11.3 Å². The number of aromatic nitrogens is 1. The third kappa shape index (κ3) is 3.99. The number of hydrogen-bond acceptors (Lipinski definition) is 5. The molecule has 0 bridgehead atoms. The van der Waals surface area contributed by atoms with Crippen molar-refractivity contribution < 1.29 is 9.53 Å². The molecule has 134 valence electrons. The van der Waals surface area contributed by atoms with Crippen LogP contribution in [0.5, 0.6) is 0 Å². The molecule has 0 fully saturated rings. The Morgan fingerprint density at radius 2 is 1.81 bits per heavy atom. The Balaban J connectivity index is 1.42. The fourth-order valence-corrected chi connectivity index (χ4v) is 3.53. The van der Waals surface area contributed by atoms with Gasteiger partial charge in [-0.1, -0.05) is 54.1 Å². The number of benzene rings is 3. The zero-order valence-electron chi connectivity index (χ0n) is 14.8. The van der Waals surface area contributed by atoms with Gasteiger partial charge in [0.15, 0.2) is 5.13 Å². The van der Waals surface area contributed by atoms with Crippen LogP contribution in [0.3, 0.4) is 0 Å². The molecule has 4 rings (SSSR count). The Labute approximate surface area is 161 Å². The highest BCUT2D eigenvalue weighted by Gasteiger charge is 2.12. The summed E-state index contributed by atoms with van der Waals surface area (Å²) in [6.45, 7) is 2.20. The Hall–Kier alpha value is -3.18. The van der Waals surface area contributed by atoms with Crippen molar-refractivity contribution in [1.82, 2.24) is 4.98 Å². The van der Waals surface area contributed by atoms with Gasteiger partial charge in [-0.15, -0.1) is 11.3 Å². The summed E-state index contributed by atoms with van der Waals surface area (Å²) in [6, 6.07) is 21.5. The molecule has 0 saturated carbocycles. The summed E-state index contributed by atoms with van der Waals surface area (Å²) >= 11 is 1.49. The molecule has 4 nitrogen and oxygen atoms in total. The van der Waals surface area contributed by atoms with E-state index >= 15 is 0 Å². The zero-order chi connectivity index (χ0) is 18.6. The summed E-state index contributed by atoms with van der Waals surface area (Å²) in [5.41, 5.74) is 3.49. The number of carbonyl (C=O) groups is 1. The molecule has 4 aromatic rings. The zero-order valence-corrected chi connectivity index (χ0v) is 15.6. The van der Waals surface area contributed by atoms with E-state index in [9.17, 15) is 4.79 Å². The monoisotopic (exact) mass is 374 g/mol. The topological polar surface area (TPSA) is 51.2 Å². The molecule has 0 aliphatic heterocycles. The van der Waals surface area contributed by atoms with Crippen molar-refractivity contribution >= 4 is 38.9 Å². The van der Waals surface area contributed by atoms with Crippen LogP contribution in [0, 0.1) is 6.92 Å². The summed E-state index contributed by atoms with van der Waals surface area (Å²) in [6.07, 6.45) is 0. The van der Waals surface area contributed by atoms with Gasteiger partial charge in [0, 0.05) is 11.1 Å². The number of aryl methyl sites for hydroxylation is 1. The third-order valence-electron chi connectivity index (χ3n) is 4.22. The Morgan fingerprint density at radius 3 is 2.67 bits per heavy atom. The summed E-state index contributed by atoms with van der Waals surface area (Å²) < 4.78 is 5.48. The Morgan fingerprint density at radius 1 is 1.04 bits per heavy atom. The molecule has 0 spiro atoms. The minimum Gasteiger partial charge on any atom is -0.456 e. The summed E-state index contributed by atoms with van der Waals surface area (Å²) in [4.78, 5) is 17.0. The molecule has 0 aliphatic carbocycles. The SMILES string of the molecule is Cc1ccc(Nc2nc(COC(=O)c3cccc4ccccc34)cs2)cc1. The fourth-order valence-electron chi connectivity index (χ4n) is 2.81. The van der Waals surface area contributed by atoms with Crippen molar-refractivity contribution in [2.75, 3.05) is 5.32 Å². The molecule has 1 aromatic heterocycles. The van der Waals surface area contributed by atoms with Gasteiger partial charge in [-0.2, -0.15) is 0 Å². The molecule has 5 heteroatoms. The van der Waals surface area contributed by atoms with Gasteiger partial charge in [-0.25, -0.2) is 9.78 Å². The van der Waals surface area contributed by atoms with Crippen LogP contribution in [0.25, 0.3) is 10.8 Å². The lowest BCUT2D eigenvalue weighted by atomic mass is 10.1. The quantitative estimate of drug-likeness (QED) is 0.455. The lowest BCUT2D eigenvalue weighted by Crippen LogP contribution is -2.06. The van der Waals surface area contributed by atoms with E-state index in [1.165, 1.54) is 16.9 Å². The first-order valence-corrected chi connectivity index (χ1v) is 9.50. The van der Waals surface area contributed by atoms with Crippen LogP contribution in [-0.4, -0.2) is 11.0 Å². The summed E-state index contributed by atoms with van der Waals surface area (Å²) in [5.74, 6) is -0.340. The molecule has 0 radical (unpaired) electrons. The molecule has 0 saturated heterocycles. The predicted molar refractivity (Wildman–Crippen MR) is 110 cm³/mol. The number of esters is 1. The maximum Gasteiger partial charge on any atom is 0.339 e. The smallest absolute Gasteiger partial charge is 0.339 e. The van der Waals surface area contributed by atoms with Gasteiger partial charge in [-0.05, 0) is 35.9 Å². The molecular weight excluding hydrogens is 356 g/mol. The van der Waals surface area contributed by atoms with Gasteiger partial charge in [0.1, 0.15) is 6.61 Å². The Bertz CT molecular complexity index is 1080. The van der Waals surface area contributed by atoms with E-state index in [-0.39, 0.29) is 12.6 Å². The lowest BCUT2D eigenvalue weighted by Gasteiger charge is -2.06. The first-order valence-electron chi connectivity index (χ1n) is 8.62. The number of rotatable bonds is 5. The van der Waals surface area contributed by atoms with Gasteiger partial charge in [-0.3, -0.25) is 0 Å². The van der Waals surface area contributed by atoms with Gasteiger partial charge < -0.3 is 10.1 Å². The summed E-state index contributed by atoms with van der Waals surface area (Å²) in [5, 5.41) is 7.84. The molecule has 0 atom stereocenters. The van der Waals surface area contributed by atoms with E-state index in [2.05, 4.69) is 17.2 Å². The minimum absolute atomic E-state index is 0.147. The van der Waals surface area contributed by atoms with Crippen LogP contribution >= 0.6 is 11.3 Å². The van der Waals surface area contributed by atoms with E-state index < -0.39 is 0 Å². The second-order valence-corrected chi connectivity index (χ2v) is 7.10.